The molecule has 0 fully saturated rings. The van der Waals surface area contributed by atoms with Crippen LogP contribution in [0.1, 0.15) is 32.8 Å². The van der Waals surface area contributed by atoms with Crippen LogP contribution in [0.5, 0.6) is 0 Å². The Balaban J connectivity index is 2.20. The quantitative estimate of drug-likeness (QED) is 0.101. The monoisotopic (exact) mass is 810 g/mol. The zero-order valence-corrected chi connectivity index (χ0v) is 25.1. The van der Waals surface area contributed by atoms with Crippen molar-refractivity contribution in [3.63, 3.8) is 0 Å². The summed E-state index contributed by atoms with van der Waals surface area (Å²) in [5, 5.41) is -8.02. The molecule has 284 valence electrons. The first-order valence-corrected chi connectivity index (χ1v) is 14.7. The molecular formula is C30H6F20O2S. The number of halogens is 20. The summed E-state index contributed by atoms with van der Waals surface area (Å²) in [4.78, 5) is 0. The van der Waals surface area contributed by atoms with E-state index in [1.165, 1.54) is 0 Å². The molecule has 0 aliphatic heterocycles. The first-order valence-electron chi connectivity index (χ1n) is 13.1. The minimum Gasteiger partial charge on any atom is -0.227 e. The molecule has 0 aromatic heterocycles. The molecule has 0 N–H and O–H groups in total. The van der Waals surface area contributed by atoms with Crippen LogP contribution in [0.25, 0.3) is 12.2 Å². The lowest BCUT2D eigenvalue weighted by molar-refractivity contribution is 0.368. The highest BCUT2D eigenvalue weighted by Gasteiger charge is 2.44. The Labute approximate surface area is 279 Å². The zero-order valence-electron chi connectivity index (χ0n) is 24.2. The van der Waals surface area contributed by atoms with Crippen LogP contribution in [0.3, 0.4) is 0 Å². The van der Waals surface area contributed by atoms with Gasteiger partial charge in [-0.15, -0.1) is 0 Å². The van der Waals surface area contributed by atoms with Crippen molar-refractivity contribution in [3.05, 3.63) is 151 Å². The first kappa shape index (κ1) is 40.7. The third-order valence-electron chi connectivity index (χ3n) is 7.13. The van der Waals surface area contributed by atoms with E-state index in [0.717, 1.165) is 0 Å². The van der Waals surface area contributed by atoms with Gasteiger partial charge in [0.05, 0.1) is 22.3 Å². The molecule has 2 nitrogen and oxygen atoms in total. The molecule has 0 aliphatic rings. The fourth-order valence-electron chi connectivity index (χ4n) is 4.54. The third-order valence-corrected chi connectivity index (χ3v) is 9.33. The number of hydrogen-bond acceptors (Lipinski definition) is 2. The Bertz CT molecular complexity index is 2110. The van der Waals surface area contributed by atoms with Crippen molar-refractivity contribution in [2.45, 2.75) is 10.5 Å². The normalized spacial score (nSPS) is 13.5. The van der Waals surface area contributed by atoms with Gasteiger partial charge in [0, 0.05) is 0 Å². The van der Waals surface area contributed by atoms with Crippen LogP contribution in [0.15, 0.2) is 12.2 Å². The van der Waals surface area contributed by atoms with Gasteiger partial charge in [-0.1, -0.05) is 24.3 Å². The molecule has 2 unspecified atom stereocenters. The van der Waals surface area contributed by atoms with E-state index in [1.807, 2.05) is 0 Å². The van der Waals surface area contributed by atoms with Crippen LogP contribution in [0.4, 0.5) is 87.8 Å². The maximum absolute atomic E-state index is 15.0. The maximum Gasteiger partial charge on any atom is 0.200 e. The molecule has 4 aromatic rings. The van der Waals surface area contributed by atoms with Crippen LogP contribution in [0.2, 0.25) is 0 Å². The van der Waals surface area contributed by atoms with Gasteiger partial charge in [-0.05, 0) is 0 Å². The van der Waals surface area contributed by atoms with Gasteiger partial charge in [0.1, 0.15) is 10.5 Å². The second kappa shape index (κ2) is 14.4. The molecule has 0 saturated heterocycles. The van der Waals surface area contributed by atoms with Crippen molar-refractivity contribution in [2.75, 3.05) is 0 Å². The minimum absolute atomic E-state index is 0.611. The predicted molar refractivity (Wildman–Crippen MR) is 137 cm³/mol. The summed E-state index contributed by atoms with van der Waals surface area (Å²) in [5.41, 5.74) is -10.0. The lowest BCUT2D eigenvalue weighted by atomic mass is 10.1. The van der Waals surface area contributed by atoms with E-state index in [9.17, 15) is 78.7 Å². The number of sulfone groups is 1. The average molecular weight is 810 g/mol. The molecule has 4 aromatic carbocycles. The zero-order chi connectivity index (χ0) is 40.3. The summed E-state index contributed by atoms with van der Waals surface area (Å²) in [7, 11) is -6.86. The van der Waals surface area contributed by atoms with Gasteiger partial charge in [0.25, 0.3) is 0 Å². The van der Waals surface area contributed by atoms with Gasteiger partial charge in [-0.2, -0.15) is 0 Å². The molecule has 0 heterocycles. The Morgan fingerprint density at radius 3 is 0.660 bits per heavy atom. The number of rotatable bonds is 8. The van der Waals surface area contributed by atoms with Crippen molar-refractivity contribution >= 4 is 22.0 Å². The van der Waals surface area contributed by atoms with Gasteiger partial charge in [-0.3, -0.25) is 0 Å². The summed E-state index contributed by atoms with van der Waals surface area (Å²) >= 11 is 0. The van der Waals surface area contributed by atoms with E-state index in [2.05, 4.69) is 0 Å². The van der Waals surface area contributed by atoms with Crippen LogP contribution < -0.4 is 0 Å². The Hall–Kier alpha value is -5.09. The lowest BCUT2D eigenvalue weighted by Gasteiger charge is -2.24. The van der Waals surface area contributed by atoms with Crippen molar-refractivity contribution in [1.29, 1.82) is 0 Å². The summed E-state index contributed by atoms with van der Waals surface area (Å²) < 4.78 is 313. The molecule has 0 saturated carbocycles. The van der Waals surface area contributed by atoms with Crippen LogP contribution in [0, 0.1) is 116 Å². The van der Waals surface area contributed by atoms with Gasteiger partial charge in [-0.25, -0.2) is 96.2 Å². The highest BCUT2D eigenvalue weighted by atomic mass is 32.2. The predicted octanol–water partition coefficient (Wildman–Crippen LogP) is 10.1. The molecule has 0 radical (unpaired) electrons. The molecule has 0 bridgehead atoms. The average Bonchev–Trinajstić information content (AvgIpc) is 3.12. The highest BCUT2D eigenvalue weighted by Crippen LogP contribution is 2.43. The summed E-state index contributed by atoms with van der Waals surface area (Å²) in [6.07, 6.45) is -2.59. The lowest BCUT2D eigenvalue weighted by Crippen LogP contribution is -2.25. The summed E-state index contributed by atoms with van der Waals surface area (Å²) in [6.45, 7) is 0. The standard InChI is InChI=1S/C30H6F20O2S/c31-11-5(12(32)20(40)27(47)19(11)39)1-3-7(9-15(35)23(43)29(49)24(44)16(9)36)53(51,52)8(10-17(37)25(45)30(50)26(46)18(10)38)4-2-6-13(33)21(41)28(48)22(42)14(6)34/h1-4,7-8H. The van der Waals surface area contributed by atoms with Gasteiger partial charge < -0.3 is 0 Å². The van der Waals surface area contributed by atoms with Crippen LogP contribution in [-0.4, -0.2) is 8.42 Å². The van der Waals surface area contributed by atoms with Gasteiger partial charge in [0.2, 0.25) is 23.3 Å². The topological polar surface area (TPSA) is 34.1 Å². The highest BCUT2D eigenvalue weighted by molar-refractivity contribution is 7.92. The molecule has 0 aliphatic carbocycles. The SMILES string of the molecule is O=S(=O)(C(C=Cc1c(F)c(F)c(F)c(F)c1F)c1c(F)c(F)c(F)c(F)c1F)C(C=Cc1c(F)c(F)c(F)c(F)c1F)c1c(F)c(F)c(F)c(F)c1F. The number of hydrogen-bond donors (Lipinski definition) is 0. The van der Waals surface area contributed by atoms with Crippen molar-refractivity contribution in [2.24, 2.45) is 0 Å². The number of benzene rings is 4. The van der Waals surface area contributed by atoms with Crippen LogP contribution in [-0.2, 0) is 9.84 Å². The first-order chi connectivity index (χ1) is 24.4. The van der Waals surface area contributed by atoms with E-state index in [1.54, 1.807) is 0 Å². The second-order valence-corrected chi connectivity index (χ2v) is 12.3. The van der Waals surface area contributed by atoms with Crippen molar-refractivity contribution < 1.29 is 96.2 Å². The third kappa shape index (κ3) is 6.47. The Morgan fingerprint density at radius 2 is 0.453 bits per heavy atom. The fourth-order valence-corrected chi connectivity index (χ4v) is 6.53. The molecule has 4 rings (SSSR count). The summed E-state index contributed by atoms with van der Waals surface area (Å²) in [6, 6.07) is 0. The maximum atomic E-state index is 15.0. The van der Waals surface area contributed by atoms with Crippen LogP contribution >= 0.6 is 0 Å². The molecule has 53 heavy (non-hydrogen) atoms. The van der Waals surface area contributed by atoms with Crippen molar-refractivity contribution in [3.8, 4) is 0 Å². The van der Waals surface area contributed by atoms with Crippen molar-refractivity contribution in [1.82, 2.24) is 0 Å². The molecule has 2 atom stereocenters. The summed E-state index contributed by atoms with van der Waals surface area (Å²) in [5.74, 6) is -59.8. The molecule has 23 heteroatoms. The van der Waals surface area contributed by atoms with Gasteiger partial charge >= 0.3 is 0 Å². The van der Waals surface area contributed by atoms with E-state index < -0.39 is 183 Å². The molecular weight excluding hydrogens is 804 g/mol. The Morgan fingerprint density at radius 1 is 0.283 bits per heavy atom. The molecule has 0 spiro atoms. The van der Waals surface area contributed by atoms with Gasteiger partial charge in [0.15, 0.2) is 103 Å². The smallest absolute Gasteiger partial charge is 0.200 e. The minimum atomic E-state index is -6.86. The largest absolute Gasteiger partial charge is 0.227 e. The van der Waals surface area contributed by atoms with E-state index >= 15 is 17.6 Å². The van der Waals surface area contributed by atoms with E-state index in [-0.39, 0.29) is 0 Å². The Kier molecular flexibility index (Phi) is 11.0. The van der Waals surface area contributed by atoms with E-state index in [0.29, 0.717) is 0 Å². The molecule has 0 amide bonds. The van der Waals surface area contributed by atoms with E-state index in [4.69, 9.17) is 0 Å². The second-order valence-electron chi connectivity index (χ2n) is 10.1. The fraction of sp³-hybridized carbons (Fsp3) is 0.0667.